The van der Waals surface area contributed by atoms with Gasteiger partial charge in [0.2, 0.25) is 5.91 Å². The van der Waals surface area contributed by atoms with Crippen molar-refractivity contribution in [2.24, 2.45) is 0 Å². The molecular formula is C27H27N3O5S2. The summed E-state index contributed by atoms with van der Waals surface area (Å²) in [6, 6.07) is 18.4. The lowest BCUT2D eigenvalue weighted by molar-refractivity contribution is -0.120. The first-order valence-corrected chi connectivity index (χ1v) is 13.8. The molecule has 1 aromatic heterocycles. The van der Waals surface area contributed by atoms with E-state index in [0.29, 0.717) is 22.2 Å². The van der Waals surface area contributed by atoms with Crippen molar-refractivity contribution in [2.45, 2.75) is 43.4 Å². The van der Waals surface area contributed by atoms with E-state index in [0.717, 1.165) is 22.9 Å². The molecular weight excluding hydrogens is 510 g/mol. The van der Waals surface area contributed by atoms with Crippen molar-refractivity contribution in [1.29, 1.82) is 0 Å². The summed E-state index contributed by atoms with van der Waals surface area (Å²) >= 11 is 1.06. The van der Waals surface area contributed by atoms with E-state index in [1.807, 2.05) is 20.8 Å². The minimum Gasteiger partial charge on any atom is -0.465 e. The van der Waals surface area contributed by atoms with Gasteiger partial charge in [0.15, 0.2) is 0 Å². The number of hydrogen-bond donors (Lipinski definition) is 1. The summed E-state index contributed by atoms with van der Waals surface area (Å²) in [6.07, 6.45) is 0.203. The zero-order valence-corrected chi connectivity index (χ0v) is 22.5. The minimum atomic E-state index is -4.11. The standard InChI is InChI=1S/C27H27N3O5S2/c1-27(2,3)20-10-12-21(13-11-20)37(33,34)30-25(31)22(19-9-14-23-24(16-19)29-36-28-23)15-17-5-7-18(8-6-17)26(32)35-4/h5-14,16,22H,15H2,1-4H3,(H,30,31). The van der Waals surface area contributed by atoms with Crippen LogP contribution in [0.4, 0.5) is 0 Å². The molecule has 192 valence electrons. The van der Waals surface area contributed by atoms with Crippen LogP contribution in [0.2, 0.25) is 0 Å². The smallest absolute Gasteiger partial charge is 0.337 e. The van der Waals surface area contributed by atoms with E-state index in [9.17, 15) is 18.0 Å². The maximum absolute atomic E-state index is 13.5. The van der Waals surface area contributed by atoms with E-state index in [1.165, 1.54) is 19.2 Å². The van der Waals surface area contributed by atoms with Crippen LogP contribution in [0.3, 0.4) is 0 Å². The Labute approximate surface area is 220 Å². The Balaban J connectivity index is 1.64. The van der Waals surface area contributed by atoms with Crippen molar-refractivity contribution in [3.63, 3.8) is 0 Å². The summed E-state index contributed by atoms with van der Waals surface area (Å²) < 4.78 is 41.7. The molecule has 1 atom stereocenters. The molecule has 0 aliphatic carbocycles. The monoisotopic (exact) mass is 537 g/mol. The molecule has 4 aromatic rings. The predicted octanol–water partition coefficient (Wildman–Crippen LogP) is 4.61. The zero-order valence-electron chi connectivity index (χ0n) is 20.9. The third kappa shape index (κ3) is 6.03. The third-order valence-corrected chi connectivity index (χ3v) is 8.00. The van der Waals surface area contributed by atoms with Crippen LogP contribution in [-0.4, -0.2) is 36.2 Å². The minimum absolute atomic E-state index is 0.00850. The second-order valence-corrected chi connectivity index (χ2v) is 11.9. The van der Waals surface area contributed by atoms with E-state index >= 15 is 0 Å². The second kappa shape index (κ2) is 10.4. The molecule has 8 nitrogen and oxygen atoms in total. The van der Waals surface area contributed by atoms with Crippen molar-refractivity contribution in [2.75, 3.05) is 7.11 Å². The van der Waals surface area contributed by atoms with Crippen molar-refractivity contribution < 1.29 is 22.7 Å². The molecule has 1 heterocycles. The Morgan fingerprint density at radius 1 is 0.946 bits per heavy atom. The molecule has 0 spiro atoms. The molecule has 1 N–H and O–H groups in total. The van der Waals surface area contributed by atoms with Gasteiger partial charge in [-0.3, -0.25) is 4.79 Å². The van der Waals surface area contributed by atoms with Gasteiger partial charge in [0.05, 0.1) is 35.2 Å². The lowest BCUT2D eigenvalue weighted by Gasteiger charge is -2.20. The number of sulfonamides is 1. The topological polar surface area (TPSA) is 115 Å². The fraction of sp³-hybridized carbons (Fsp3) is 0.259. The molecule has 1 amide bonds. The number of rotatable bonds is 7. The normalized spacial score (nSPS) is 12.8. The number of hydrogen-bond acceptors (Lipinski definition) is 8. The molecule has 3 aromatic carbocycles. The van der Waals surface area contributed by atoms with Crippen molar-refractivity contribution in [3.8, 4) is 0 Å². The summed E-state index contributed by atoms with van der Waals surface area (Å²) in [5.41, 5.74) is 3.90. The molecule has 0 saturated heterocycles. The van der Waals surface area contributed by atoms with Gasteiger partial charge in [-0.1, -0.05) is 51.1 Å². The largest absolute Gasteiger partial charge is 0.465 e. The molecule has 10 heteroatoms. The van der Waals surface area contributed by atoms with Crippen LogP contribution in [0.15, 0.2) is 71.6 Å². The van der Waals surface area contributed by atoms with Crippen LogP contribution in [0.5, 0.6) is 0 Å². The predicted molar refractivity (Wildman–Crippen MR) is 142 cm³/mol. The van der Waals surface area contributed by atoms with Gasteiger partial charge in [0.25, 0.3) is 10.0 Å². The summed E-state index contributed by atoms with van der Waals surface area (Å²) in [5, 5.41) is 0. The van der Waals surface area contributed by atoms with Crippen molar-refractivity contribution in [1.82, 2.24) is 13.5 Å². The number of benzene rings is 3. The Hall–Kier alpha value is -3.63. The van der Waals surface area contributed by atoms with Gasteiger partial charge in [-0.15, -0.1) is 0 Å². The van der Waals surface area contributed by atoms with E-state index in [-0.39, 0.29) is 16.7 Å². The second-order valence-electron chi connectivity index (χ2n) is 9.70. The van der Waals surface area contributed by atoms with Crippen LogP contribution in [0, 0.1) is 0 Å². The number of aromatic nitrogens is 2. The number of esters is 1. The number of amides is 1. The van der Waals surface area contributed by atoms with E-state index < -0.39 is 27.8 Å². The summed E-state index contributed by atoms with van der Waals surface area (Å²) in [5.74, 6) is -1.97. The first-order valence-electron chi connectivity index (χ1n) is 11.5. The Kier molecular flexibility index (Phi) is 7.42. The summed E-state index contributed by atoms with van der Waals surface area (Å²) in [6.45, 7) is 6.11. The fourth-order valence-corrected chi connectivity index (χ4v) is 5.44. The zero-order chi connectivity index (χ0) is 26.8. The molecule has 0 fully saturated rings. The highest BCUT2D eigenvalue weighted by Crippen LogP contribution is 2.27. The maximum Gasteiger partial charge on any atom is 0.337 e. The number of nitrogens with one attached hydrogen (secondary N) is 1. The number of ether oxygens (including phenoxy) is 1. The highest BCUT2D eigenvalue weighted by molar-refractivity contribution is 7.90. The van der Waals surface area contributed by atoms with Gasteiger partial charge in [0.1, 0.15) is 11.0 Å². The van der Waals surface area contributed by atoms with Crippen molar-refractivity contribution >= 4 is 44.7 Å². The number of nitrogens with zero attached hydrogens (tertiary/aromatic N) is 2. The number of carbonyl (C=O) groups is 2. The molecule has 37 heavy (non-hydrogen) atoms. The van der Waals surface area contributed by atoms with Crippen LogP contribution >= 0.6 is 11.7 Å². The van der Waals surface area contributed by atoms with Gasteiger partial charge in [-0.2, -0.15) is 8.75 Å². The van der Waals surface area contributed by atoms with Gasteiger partial charge >= 0.3 is 5.97 Å². The van der Waals surface area contributed by atoms with Gasteiger partial charge in [-0.25, -0.2) is 17.9 Å². The SMILES string of the molecule is COC(=O)c1ccc(CC(C(=O)NS(=O)(=O)c2ccc(C(C)(C)C)cc2)c2ccc3nsnc3c2)cc1. The summed E-state index contributed by atoms with van der Waals surface area (Å²) in [4.78, 5) is 25.2. The van der Waals surface area contributed by atoms with Crippen LogP contribution in [-0.2, 0) is 31.4 Å². The lowest BCUT2D eigenvalue weighted by atomic mass is 9.87. The molecule has 0 bridgehead atoms. The molecule has 0 aliphatic heterocycles. The quantitative estimate of drug-likeness (QED) is 0.342. The van der Waals surface area contributed by atoms with Crippen LogP contribution in [0.1, 0.15) is 53.7 Å². The first kappa shape index (κ1) is 26.4. The Morgan fingerprint density at radius 3 is 2.22 bits per heavy atom. The Morgan fingerprint density at radius 2 is 1.59 bits per heavy atom. The van der Waals surface area contributed by atoms with Crippen LogP contribution in [0.25, 0.3) is 11.0 Å². The first-order chi connectivity index (χ1) is 17.5. The molecule has 1 unspecified atom stereocenters. The highest BCUT2D eigenvalue weighted by atomic mass is 32.2. The van der Waals surface area contributed by atoms with Gasteiger partial charge in [-0.05, 0) is 64.9 Å². The van der Waals surface area contributed by atoms with Crippen molar-refractivity contribution in [3.05, 3.63) is 89.0 Å². The van der Waals surface area contributed by atoms with E-state index in [2.05, 4.69) is 13.5 Å². The van der Waals surface area contributed by atoms with E-state index in [1.54, 1.807) is 54.6 Å². The van der Waals surface area contributed by atoms with Gasteiger partial charge < -0.3 is 4.74 Å². The summed E-state index contributed by atoms with van der Waals surface area (Å²) in [7, 11) is -2.80. The maximum atomic E-state index is 13.5. The molecule has 0 saturated carbocycles. The van der Waals surface area contributed by atoms with E-state index in [4.69, 9.17) is 4.74 Å². The number of methoxy groups -OCH3 is 1. The number of carbonyl (C=O) groups excluding carboxylic acids is 2. The molecule has 4 rings (SSSR count). The average molecular weight is 538 g/mol. The number of fused-ring (bicyclic) bond motifs is 1. The van der Waals surface area contributed by atoms with Gasteiger partial charge in [0, 0.05) is 0 Å². The average Bonchev–Trinajstić information content (AvgIpc) is 3.34. The fourth-order valence-electron chi connectivity index (χ4n) is 3.90. The molecule has 0 radical (unpaired) electrons. The highest BCUT2D eigenvalue weighted by Gasteiger charge is 2.27. The third-order valence-electron chi connectivity index (χ3n) is 6.08. The van der Waals surface area contributed by atoms with Crippen LogP contribution < -0.4 is 4.72 Å². The lowest BCUT2D eigenvalue weighted by Crippen LogP contribution is -2.35. The molecule has 0 aliphatic rings. The Bertz CT molecular complexity index is 1540.